The molecular formula is C26H25Cl2FN4O4. The Hall–Kier alpha value is -3.43. The molecule has 37 heavy (non-hydrogen) atoms. The summed E-state index contributed by atoms with van der Waals surface area (Å²) >= 11 is 12.1. The molecule has 2 atom stereocenters. The fraction of sp³-hybridized carbons (Fsp3) is 0.308. The summed E-state index contributed by atoms with van der Waals surface area (Å²) in [5.41, 5.74) is 1.36. The predicted octanol–water partition coefficient (Wildman–Crippen LogP) is 8.24. The Bertz CT molecular complexity index is 1310. The highest BCUT2D eigenvalue weighted by molar-refractivity contribution is 6.33. The molecule has 0 aromatic heterocycles. The molecule has 0 saturated carbocycles. The van der Waals surface area contributed by atoms with E-state index in [1.165, 1.54) is 30.3 Å². The van der Waals surface area contributed by atoms with Crippen molar-refractivity contribution in [1.29, 1.82) is 0 Å². The summed E-state index contributed by atoms with van der Waals surface area (Å²) in [5, 5.41) is 26.2. The number of hydrogen-bond donors (Lipinski definition) is 1. The minimum atomic E-state index is -0.544. The second-order valence-electron chi connectivity index (χ2n) is 9.99. The maximum absolute atomic E-state index is 15.2. The average molecular weight is 547 g/mol. The third kappa shape index (κ3) is 5.62. The highest BCUT2D eigenvalue weighted by atomic mass is 35.5. The van der Waals surface area contributed by atoms with Crippen molar-refractivity contribution in [3.63, 3.8) is 0 Å². The van der Waals surface area contributed by atoms with Crippen LogP contribution >= 0.6 is 23.2 Å². The molecule has 2 unspecified atom stereocenters. The fourth-order valence-electron chi connectivity index (χ4n) is 4.75. The molecule has 0 bridgehead atoms. The van der Waals surface area contributed by atoms with Crippen molar-refractivity contribution in [2.75, 3.05) is 10.2 Å². The molecule has 1 saturated heterocycles. The van der Waals surface area contributed by atoms with Gasteiger partial charge in [-0.1, -0.05) is 35.3 Å². The largest absolute Gasteiger partial charge is 0.378 e. The molecule has 3 aromatic carbocycles. The van der Waals surface area contributed by atoms with Crippen LogP contribution < -0.4 is 10.2 Å². The standard InChI is InChI=1S/C26H25Cl2FN4O4/c1-26(2,3)30-21-9-6-17(14-20(21)29)31-22(15-4-7-18(27)24(12-15)32(34)35)10-11-23(31)16-5-8-19(28)25(13-16)33(36)37/h4-9,12-14,22-23,30H,10-11H2,1-3H3. The number of nitrogens with zero attached hydrogens (tertiary/aromatic N) is 3. The van der Waals surface area contributed by atoms with E-state index in [9.17, 15) is 20.2 Å². The number of rotatable bonds is 6. The lowest BCUT2D eigenvalue weighted by Gasteiger charge is -2.34. The quantitative estimate of drug-likeness (QED) is 0.246. The maximum atomic E-state index is 15.2. The van der Waals surface area contributed by atoms with Gasteiger partial charge in [0, 0.05) is 23.4 Å². The topological polar surface area (TPSA) is 102 Å². The lowest BCUT2D eigenvalue weighted by Crippen LogP contribution is -2.28. The van der Waals surface area contributed by atoms with Crippen molar-refractivity contribution in [3.05, 3.63) is 102 Å². The van der Waals surface area contributed by atoms with E-state index in [1.807, 2.05) is 25.7 Å². The molecule has 1 aliphatic heterocycles. The number of anilines is 2. The first kappa shape index (κ1) is 26.6. The van der Waals surface area contributed by atoms with Crippen LogP contribution in [-0.2, 0) is 0 Å². The minimum Gasteiger partial charge on any atom is -0.378 e. The van der Waals surface area contributed by atoms with Gasteiger partial charge in [0.1, 0.15) is 15.9 Å². The molecule has 0 radical (unpaired) electrons. The molecule has 0 aliphatic carbocycles. The average Bonchev–Trinajstić information content (AvgIpc) is 3.25. The van der Waals surface area contributed by atoms with E-state index >= 15 is 4.39 Å². The second kappa shape index (κ2) is 10.1. The molecule has 0 amide bonds. The first-order valence-corrected chi connectivity index (χ1v) is 12.3. The number of halogens is 3. The zero-order chi connectivity index (χ0) is 27.1. The lowest BCUT2D eigenvalue weighted by molar-refractivity contribution is -0.384. The lowest BCUT2D eigenvalue weighted by atomic mass is 10.0. The zero-order valence-corrected chi connectivity index (χ0v) is 21.9. The molecule has 1 aliphatic rings. The van der Waals surface area contributed by atoms with E-state index in [0.29, 0.717) is 35.3 Å². The van der Waals surface area contributed by atoms with E-state index in [-0.39, 0.29) is 39.0 Å². The van der Waals surface area contributed by atoms with Gasteiger partial charge in [-0.25, -0.2) is 4.39 Å². The van der Waals surface area contributed by atoms with Crippen molar-refractivity contribution in [3.8, 4) is 0 Å². The molecular weight excluding hydrogens is 522 g/mol. The number of benzene rings is 3. The molecule has 1 fully saturated rings. The first-order valence-electron chi connectivity index (χ1n) is 11.6. The van der Waals surface area contributed by atoms with Crippen LogP contribution in [-0.4, -0.2) is 15.4 Å². The molecule has 4 rings (SSSR count). The normalized spacial score (nSPS) is 17.6. The van der Waals surface area contributed by atoms with Crippen molar-refractivity contribution < 1.29 is 14.2 Å². The Morgan fingerprint density at radius 1 is 0.865 bits per heavy atom. The Balaban J connectivity index is 1.83. The highest BCUT2D eigenvalue weighted by Gasteiger charge is 2.37. The summed E-state index contributed by atoms with van der Waals surface area (Å²) < 4.78 is 15.2. The molecule has 1 N–H and O–H groups in total. The number of nitro groups is 2. The molecule has 3 aromatic rings. The van der Waals surface area contributed by atoms with Crippen molar-refractivity contribution >= 4 is 46.0 Å². The van der Waals surface area contributed by atoms with E-state index in [2.05, 4.69) is 5.32 Å². The summed E-state index contributed by atoms with van der Waals surface area (Å²) in [4.78, 5) is 23.9. The molecule has 0 spiro atoms. The Morgan fingerprint density at radius 2 is 1.35 bits per heavy atom. The van der Waals surface area contributed by atoms with Gasteiger partial charge in [0.25, 0.3) is 11.4 Å². The summed E-state index contributed by atoms with van der Waals surface area (Å²) in [5.74, 6) is -0.457. The molecule has 8 nitrogen and oxygen atoms in total. The van der Waals surface area contributed by atoms with Gasteiger partial charge in [0.15, 0.2) is 0 Å². The van der Waals surface area contributed by atoms with Gasteiger partial charge in [0.2, 0.25) is 0 Å². The Kier molecular flexibility index (Phi) is 7.30. The van der Waals surface area contributed by atoms with Crippen molar-refractivity contribution in [1.82, 2.24) is 0 Å². The van der Waals surface area contributed by atoms with Crippen LogP contribution in [0.2, 0.25) is 10.0 Å². The van der Waals surface area contributed by atoms with Crippen LogP contribution in [0.15, 0.2) is 54.6 Å². The van der Waals surface area contributed by atoms with E-state index in [1.54, 1.807) is 24.3 Å². The van der Waals surface area contributed by atoms with Crippen molar-refractivity contribution in [2.24, 2.45) is 0 Å². The van der Waals surface area contributed by atoms with Crippen LogP contribution in [0.1, 0.15) is 56.8 Å². The molecule has 194 valence electrons. The van der Waals surface area contributed by atoms with Gasteiger partial charge in [-0.05, 0) is 75.1 Å². The van der Waals surface area contributed by atoms with Gasteiger partial charge >= 0.3 is 0 Å². The van der Waals surface area contributed by atoms with Crippen LogP contribution in [0.25, 0.3) is 0 Å². The summed E-state index contributed by atoms with van der Waals surface area (Å²) in [7, 11) is 0. The monoisotopic (exact) mass is 546 g/mol. The Morgan fingerprint density at radius 3 is 1.76 bits per heavy atom. The summed E-state index contributed by atoms with van der Waals surface area (Å²) in [6.07, 6.45) is 1.15. The molecule has 11 heteroatoms. The number of nitro benzene ring substituents is 2. The number of nitrogens with one attached hydrogen (secondary N) is 1. The first-order chi connectivity index (χ1) is 17.4. The van der Waals surface area contributed by atoms with Gasteiger partial charge < -0.3 is 10.2 Å². The highest BCUT2D eigenvalue weighted by Crippen LogP contribution is 2.49. The van der Waals surface area contributed by atoms with E-state index in [4.69, 9.17) is 23.2 Å². The molecule has 1 heterocycles. The van der Waals surface area contributed by atoms with Gasteiger partial charge in [0.05, 0.1) is 27.6 Å². The predicted molar refractivity (Wildman–Crippen MR) is 143 cm³/mol. The van der Waals surface area contributed by atoms with Gasteiger partial charge in [-0.3, -0.25) is 20.2 Å². The van der Waals surface area contributed by atoms with E-state index in [0.717, 1.165) is 0 Å². The van der Waals surface area contributed by atoms with Crippen LogP contribution in [0, 0.1) is 26.0 Å². The van der Waals surface area contributed by atoms with Crippen molar-refractivity contribution in [2.45, 2.75) is 51.2 Å². The SMILES string of the molecule is CC(C)(C)Nc1ccc(N2C(c3ccc(Cl)c([N+](=O)[O-])c3)CCC2c2ccc(Cl)c([N+](=O)[O-])c2)cc1F. The van der Waals surface area contributed by atoms with Gasteiger partial charge in [-0.2, -0.15) is 0 Å². The smallest absolute Gasteiger partial charge is 0.288 e. The van der Waals surface area contributed by atoms with Crippen LogP contribution in [0.5, 0.6) is 0 Å². The number of hydrogen-bond acceptors (Lipinski definition) is 6. The summed E-state index contributed by atoms with van der Waals surface area (Å²) in [6, 6.07) is 13.3. The fourth-order valence-corrected chi connectivity index (χ4v) is 5.12. The van der Waals surface area contributed by atoms with Crippen LogP contribution in [0.3, 0.4) is 0 Å². The second-order valence-corrected chi connectivity index (χ2v) is 10.8. The maximum Gasteiger partial charge on any atom is 0.288 e. The van der Waals surface area contributed by atoms with Gasteiger partial charge in [-0.15, -0.1) is 0 Å². The Labute approximate surface area is 223 Å². The summed E-state index contributed by atoms with van der Waals surface area (Å²) in [6.45, 7) is 5.77. The zero-order valence-electron chi connectivity index (χ0n) is 20.4. The third-order valence-electron chi connectivity index (χ3n) is 6.25. The van der Waals surface area contributed by atoms with Crippen LogP contribution in [0.4, 0.5) is 27.1 Å². The third-order valence-corrected chi connectivity index (χ3v) is 6.89. The van der Waals surface area contributed by atoms with E-state index < -0.39 is 15.7 Å². The minimum absolute atomic E-state index is 0.0202.